The van der Waals surface area contributed by atoms with Crippen LogP contribution in [0.5, 0.6) is 5.75 Å². The van der Waals surface area contributed by atoms with Gasteiger partial charge in [0.25, 0.3) is 11.6 Å². The zero-order valence-corrected chi connectivity index (χ0v) is 12.4. The SMILES string of the molecule is O=[N+]([O-])c1cccc(OCc2nnc(-c3ccc(Cl)cc3)o2)c1. The lowest BCUT2D eigenvalue weighted by atomic mass is 10.2. The van der Waals surface area contributed by atoms with E-state index in [4.69, 9.17) is 20.8 Å². The molecular weight excluding hydrogens is 322 g/mol. The number of nitro benzene ring substituents is 1. The zero-order valence-electron chi connectivity index (χ0n) is 11.7. The van der Waals surface area contributed by atoms with Gasteiger partial charge >= 0.3 is 0 Å². The lowest BCUT2D eigenvalue weighted by molar-refractivity contribution is -0.384. The van der Waals surface area contributed by atoms with Crippen LogP contribution in [-0.4, -0.2) is 15.1 Å². The molecule has 2 aromatic carbocycles. The highest BCUT2D eigenvalue weighted by molar-refractivity contribution is 6.30. The molecule has 3 rings (SSSR count). The molecule has 0 amide bonds. The second-order valence-corrected chi connectivity index (χ2v) is 4.99. The maximum absolute atomic E-state index is 10.7. The van der Waals surface area contributed by atoms with Crippen LogP contribution >= 0.6 is 11.6 Å². The Morgan fingerprint density at radius 2 is 1.96 bits per heavy atom. The number of nitrogens with zero attached hydrogens (tertiary/aromatic N) is 3. The Balaban J connectivity index is 1.69. The van der Waals surface area contributed by atoms with Crippen LogP contribution < -0.4 is 4.74 Å². The molecule has 7 nitrogen and oxygen atoms in total. The molecule has 116 valence electrons. The predicted molar refractivity (Wildman–Crippen MR) is 82.2 cm³/mol. The molecule has 0 N–H and O–H groups in total. The zero-order chi connectivity index (χ0) is 16.2. The Labute approximate surface area is 135 Å². The minimum atomic E-state index is -0.488. The normalized spacial score (nSPS) is 10.5. The third kappa shape index (κ3) is 3.64. The third-order valence-corrected chi connectivity index (χ3v) is 3.20. The van der Waals surface area contributed by atoms with Crippen LogP contribution in [0.1, 0.15) is 5.89 Å². The number of nitro groups is 1. The number of rotatable bonds is 5. The fraction of sp³-hybridized carbons (Fsp3) is 0.0667. The van der Waals surface area contributed by atoms with Crippen molar-refractivity contribution in [1.29, 1.82) is 0 Å². The van der Waals surface area contributed by atoms with Gasteiger partial charge in [-0.1, -0.05) is 17.7 Å². The molecule has 0 radical (unpaired) electrons. The molecule has 23 heavy (non-hydrogen) atoms. The molecular formula is C15H10ClN3O4. The summed E-state index contributed by atoms with van der Waals surface area (Å²) in [5.74, 6) is 0.964. The highest BCUT2D eigenvalue weighted by Crippen LogP contribution is 2.22. The van der Waals surface area contributed by atoms with E-state index in [9.17, 15) is 10.1 Å². The van der Waals surface area contributed by atoms with E-state index in [0.717, 1.165) is 5.56 Å². The molecule has 8 heteroatoms. The molecule has 0 atom stereocenters. The van der Waals surface area contributed by atoms with Gasteiger partial charge in [-0.2, -0.15) is 0 Å². The Morgan fingerprint density at radius 1 is 1.17 bits per heavy atom. The van der Waals surface area contributed by atoms with E-state index < -0.39 is 4.92 Å². The van der Waals surface area contributed by atoms with Crippen molar-refractivity contribution in [2.75, 3.05) is 0 Å². The van der Waals surface area contributed by atoms with Crippen molar-refractivity contribution >= 4 is 17.3 Å². The van der Waals surface area contributed by atoms with Crippen molar-refractivity contribution in [3.63, 3.8) is 0 Å². The molecule has 3 aromatic rings. The van der Waals surface area contributed by atoms with Crippen molar-refractivity contribution in [3.05, 3.63) is 69.6 Å². The molecule has 1 heterocycles. The van der Waals surface area contributed by atoms with Crippen LogP contribution in [0.3, 0.4) is 0 Å². The average molecular weight is 332 g/mol. The minimum Gasteiger partial charge on any atom is -0.484 e. The molecule has 0 aliphatic carbocycles. The van der Waals surface area contributed by atoms with Crippen molar-refractivity contribution in [2.45, 2.75) is 6.61 Å². The summed E-state index contributed by atoms with van der Waals surface area (Å²) in [6.45, 7) is 0.0156. The van der Waals surface area contributed by atoms with Gasteiger partial charge in [0.05, 0.1) is 11.0 Å². The lowest BCUT2D eigenvalue weighted by Gasteiger charge is -2.02. The summed E-state index contributed by atoms with van der Waals surface area (Å²) in [5.41, 5.74) is 0.693. The quantitative estimate of drug-likeness (QED) is 0.520. The maximum atomic E-state index is 10.7. The van der Waals surface area contributed by atoms with Gasteiger partial charge in [-0.05, 0) is 30.3 Å². The van der Waals surface area contributed by atoms with Crippen LogP contribution in [0.15, 0.2) is 52.9 Å². The molecule has 1 aromatic heterocycles. The fourth-order valence-electron chi connectivity index (χ4n) is 1.85. The van der Waals surface area contributed by atoms with E-state index in [-0.39, 0.29) is 18.2 Å². The number of ether oxygens (including phenoxy) is 1. The van der Waals surface area contributed by atoms with Crippen molar-refractivity contribution in [1.82, 2.24) is 10.2 Å². The number of hydrogen-bond donors (Lipinski definition) is 0. The number of aromatic nitrogens is 2. The van der Waals surface area contributed by atoms with Gasteiger partial charge in [0.2, 0.25) is 5.89 Å². The average Bonchev–Trinajstić information content (AvgIpc) is 3.03. The molecule has 0 fully saturated rings. The summed E-state index contributed by atoms with van der Waals surface area (Å²) >= 11 is 5.82. The summed E-state index contributed by atoms with van der Waals surface area (Å²) < 4.78 is 10.9. The minimum absolute atomic E-state index is 0.0156. The van der Waals surface area contributed by atoms with Crippen molar-refractivity contribution in [3.8, 4) is 17.2 Å². The molecule has 0 unspecified atom stereocenters. The third-order valence-electron chi connectivity index (χ3n) is 2.95. The van der Waals surface area contributed by atoms with E-state index in [1.54, 1.807) is 36.4 Å². The van der Waals surface area contributed by atoms with Crippen LogP contribution in [0.4, 0.5) is 5.69 Å². The number of non-ortho nitro benzene ring substituents is 1. The lowest BCUT2D eigenvalue weighted by Crippen LogP contribution is -1.96. The Bertz CT molecular complexity index is 833. The van der Waals surface area contributed by atoms with Gasteiger partial charge in [0.15, 0.2) is 6.61 Å². The molecule has 0 aliphatic heterocycles. The second kappa shape index (κ2) is 6.45. The van der Waals surface area contributed by atoms with E-state index >= 15 is 0 Å². The van der Waals surface area contributed by atoms with E-state index in [0.29, 0.717) is 16.7 Å². The van der Waals surface area contributed by atoms with E-state index in [1.807, 2.05) is 0 Å². The molecule has 0 saturated carbocycles. The van der Waals surface area contributed by atoms with E-state index in [1.165, 1.54) is 12.1 Å². The summed E-state index contributed by atoms with van der Waals surface area (Å²) in [4.78, 5) is 10.2. The largest absolute Gasteiger partial charge is 0.484 e. The first-order valence-electron chi connectivity index (χ1n) is 6.57. The first-order chi connectivity index (χ1) is 11.1. The molecule has 0 bridgehead atoms. The standard InChI is InChI=1S/C15H10ClN3O4/c16-11-6-4-10(5-7-11)15-18-17-14(23-15)9-22-13-3-1-2-12(8-13)19(20)21/h1-8H,9H2. The van der Waals surface area contributed by atoms with Crippen LogP contribution in [0, 0.1) is 10.1 Å². The van der Waals surface area contributed by atoms with Crippen LogP contribution in [0.25, 0.3) is 11.5 Å². The highest BCUT2D eigenvalue weighted by Gasteiger charge is 2.10. The fourth-order valence-corrected chi connectivity index (χ4v) is 1.98. The number of hydrogen-bond acceptors (Lipinski definition) is 6. The van der Waals surface area contributed by atoms with Gasteiger partial charge in [-0.3, -0.25) is 10.1 Å². The van der Waals surface area contributed by atoms with Crippen molar-refractivity contribution in [2.24, 2.45) is 0 Å². The summed E-state index contributed by atoms with van der Waals surface area (Å²) in [6, 6.07) is 12.8. The number of halogens is 1. The first kappa shape index (κ1) is 15.0. The molecule has 0 aliphatic rings. The van der Waals surface area contributed by atoms with Crippen molar-refractivity contribution < 1.29 is 14.1 Å². The van der Waals surface area contributed by atoms with Gasteiger partial charge in [-0.15, -0.1) is 10.2 Å². The van der Waals surface area contributed by atoms with Gasteiger partial charge in [0, 0.05) is 16.7 Å². The van der Waals surface area contributed by atoms with Crippen LogP contribution in [0.2, 0.25) is 5.02 Å². The summed E-state index contributed by atoms with van der Waals surface area (Å²) in [5, 5.41) is 19.1. The first-order valence-corrected chi connectivity index (χ1v) is 6.95. The Morgan fingerprint density at radius 3 is 2.70 bits per heavy atom. The monoisotopic (exact) mass is 331 g/mol. The Kier molecular flexibility index (Phi) is 4.20. The Hall–Kier alpha value is -2.93. The maximum Gasteiger partial charge on any atom is 0.273 e. The van der Waals surface area contributed by atoms with Gasteiger partial charge < -0.3 is 9.15 Å². The van der Waals surface area contributed by atoms with Gasteiger partial charge in [0.1, 0.15) is 5.75 Å². The highest BCUT2D eigenvalue weighted by atomic mass is 35.5. The number of benzene rings is 2. The molecule has 0 spiro atoms. The predicted octanol–water partition coefficient (Wildman–Crippen LogP) is 3.88. The second-order valence-electron chi connectivity index (χ2n) is 4.55. The summed E-state index contributed by atoms with van der Waals surface area (Å²) in [7, 11) is 0. The van der Waals surface area contributed by atoms with E-state index in [2.05, 4.69) is 10.2 Å². The summed E-state index contributed by atoms with van der Waals surface area (Å²) in [6.07, 6.45) is 0. The van der Waals surface area contributed by atoms with Gasteiger partial charge in [-0.25, -0.2) is 0 Å². The topological polar surface area (TPSA) is 91.3 Å². The smallest absolute Gasteiger partial charge is 0.273 e. The van der Waals surface area contributed by atoms with Crippen LogP contribution in [-0.2, 0) is 6.61 Å². The molecule has 0 saturated heterocycles.